The summed E-state index contributed by atoms with van der Waals surface area (Å²) in [6, 6.07) is 3.28. The standard InChI is InChI=1S/C14H17NO6/c1-20-8-3-4-12(16)10(5-8)13(17)15-7-9(21-2)6-11(15)14(18)19/h3-5,9,11,16H,6-7H2,1-2H3,(H,18,19). The van der Waals surface area contributed by atoms with Gasteiger partial charge in [0, 0.05) is 20.1 Å². The van der Waals surface area contributed by atoms with Crippen molar-refractivity contribution in [3.63, 3.8) is 0 Å². The summed E-state index contributed by atoms with van der Waals surface area (Å²) in [5.41, 5.74) is 0.0114. The van der Waals surface area contributed by atoms with Gasteiger partial charge in [0.2, 0.25) is 0 Å². The molecule has 1 saturated heterocycles. The molecule has 1 aliphatic rings. The summed E-state index contributed by atoms with van der Waals surface area (Å²) >= 11 is 0. The maximum absolute atomic E-state index is 12.5. The first-order valence-corrected chi connectivity index (χ1v) is 6.41. The molecule has 114 valence electrons. The Kier molecular flexibility index (Phi) is 4.32. The SMILES string of the molecule is COc1ccc(O)c(C(=O)N2CC(OC)CC2C(=O)O)c1. The molecule has 1 heterocycles. The van der Waals surface area contributed by atoms with E-state index in [4.69, 9.17) is 9.47 Å². The first-order chi connectivity index (χ1) is 9.97. The first-order valence-electron chi connectivity index (χ1n) is 6.41. The van der Waals surface area contributed by atoms with Crippen molar-refractivity contribution in [1.82, 2.24) is 4.90 Å². The van der Waals surface area contributed by atoms with Crippen LogP contribution in [0.15, 0.2) is 18.2 Å². The molecule has 7 heteroatoms. The number of aromatic hydroxyl groups is 1. The molecular weight excluding hydrogens is 278 g/mol. The quantitative estimate of drug-likeness (QED) is 0.849. The number of likely N-dealkylation sites (tertiary alicyclic amines) is 1. The summed E-state index contributed by atoms with van der Waals surface area (Å²) in [7, 11) is 2.91. The fourth-order valence-corrected chi connectivity index (χ4v) is 2.39. The fourth-order valence-electron chi connectivity index (χ4n) is 2.39. The Bertz CT molecular complexity index is 558. The van der Waals surface area contributed by atoms with Gasteiger partial charge in [-0.3, -0.25) is 4.79 Å². The summed E-state index contributed by atoms with van der Waals surface area (Å²) in [6.07, 6.45) is -0.106. The van der Waals surface area contributed by atoms with Gasteiger partial charge in [0.1, 0.15) is 17.5 Å². The van der Waals surface area contributed by atoms with Gasteiger partial charge >= 0.3 is 5.97 Å². The molecular formula is C14H17NO6. The van der Waals surface area contributed by atoms with E-state index in [0.29, 0.717) is 5.75 Å². The molecule has 7 nitrogen and oxygen atoms in total. The normalized spacial score (nSPS) is 21.3. The molecule has 1 amide bonds. The third kappa shape index (κ3) is 2.92. The van der Waals surface area contributed by atoms with Crippen LogP contribution in [0.4, 0.5) is 0 Å². The van der Waals surface area contributed by atoms with Crippen LogP contribution < -0.4 is 4.74 Å². The predicted octanol–water partition coefficient (Wildman–Crippen LogP) is 0.715. The van der Waals surface area contributed by atoms with Gasteiger partial charge in [-0.2, -0.15) is 0 Å². The topological polar surface area (TPSA) is 96.3 Å². The van der Waals surface area contributed by atoms with Crippen LogP contribution in [0.25, 0.3) is 0 Å². The number of benzene rings is 1. The molecule has 0 radical (unpaired) electrons. The number of phenols is 1. The number of carboxylic acids is 1. The number of carbonyl (C=O) groups excluding carboxylic acids is 1. The summed E-state index contributed by atoms with van der Waals surface area (Å²) in [4.78, 5) is 25.0. The third-order valence-corrected chi connectivity index (χ3v) is 3.58. The van der Waals surface area contributed by atoms with Crippen LogP contribution in [-0.2, 0) is 9.53 Å². The summed E-state index contributed by atoms with van der Waals surface area (Å²) in [5, 5.41) is 19.1. The highest BCUT2D eigenvalue weighted by atomic mass is 16.5. The zero-order valence-corrected chi connectivity index (χ0v) is 11.8. The zero-order valence-electron chi connectivity index (χ0n) is 11.8. The number of aliphatic carboxylic acids is 1. The van der Waals surface area contributed by atoms with Crippen LogP contribution in [-0.4, -0.2) is 59.9 Å². The van der Waals surface area contributed by atoms with Crippen molar-refractivity contribution >= 4 is 11.9 Å². The highest BCUT2D eigenvalue weighted by Crippen LogP contribution is 2.28. The molecule has 0 aromatic heterocycles. The fraction of sp³-hybridized carbons (Fsp3) is 0.429. The number of phenolic OH excluding ortho intramolecular Hbond substituents is 1. The van der Waals surface area contributed by atoms with Crippen LogP contribution in [0.5, 0.6) is 11.5 Å². The van der Waals surface area contributed by atoms with Crippen molar-refractivity contribution in [2.45, 2.75) is 18.6 Å². The minimum absolute atomic E-state index is 0.0114. The number of hydrogen-bond acceptors (Lipinski definition) is 5. The molecule has 2 unspecified atom stereocenters. The molecule has 0 aliphatic carbocycles. The van der Waals surface area contributed by atoms with Crippen LogP contribution in [0.1, 0.15) is 16.8 Å². The number of nitrogens with zero attached hydrogens (tertiary/aromatic N) is 1. The monoisotopic (exact) mass is 295 g/mol. The number of methoxy groups -OCH3 is 2. The Labute approximate surface area is 121 Å². The van der Waals surface area contributed by atoms with Crippen molar-refractivity contribution in [2.24, 2.45) is 0 Å². The van der Waals surface area contributed by atoms with E-state index in [1.807, 2.05) is 0 Å². The molecule has 2 N–H and O–H groups in total. The Morgan fingerprint density at radius 3 is 2.62 bits per heavy atom. The van der Waals surface area contributed by atoms with Gasteiger partial charge in [0.05, 0.1) is 18.8 Å². The average Bonchev–Trinajstić information content (AvgIpc) is 2.91. The van der Waals surface area contributed by atoms with Crippen LogP contribution >= 0.6 is 0 Å². The highest BCUT2D eigenvalue weighted by molar-refractivity contribution is 5.99. The molecule has 1 aromatic carbocycles. The number of carbonyl (C=O) groups is 2. The molecule has 1 fully saturated rings. The van der Waals surface area contributed by atoms with E-state index in [2.05, 4.69) is 0 Å². The Morgan fingerprint density at radius 1 is 1.33 bits per heavy atom. The lowest BCUT2D eigenvalue weighted by Gasteiger charge is -2.21. The van der Waals surface area contributed by atoms with Crippen molar-refractivity contribution in [3.8, 4) is 11.5 Å². The average molecular weight is 295 g/mol. The number of carboxylic acid groups (broad SMARTS) is 1. The number of amides is 1. The van der Waals surface area contributed by atoms with E-state index in [9.17, 15) is 19.8 Å². The predicted molar refractivity (Wildman–Crippen MR) is 72.5 cm³/mol. The van der Waals surface area contributed by atoms with E-state index in [1.165, 1.54) is 37.3 Å². The van der Waals surface area contributed by atoms with Gasteiger partial charge < -0.3 is 24.6 Å². The van der Waals surface area contributed by atoms with E-state index in [0.717, 1.165) is 0 Å². The van der Waals surface area contributed by atoms with Crippen molar-refractivity contribution in [3.05, 3.63) is 23.8 Å². The Morgan fingerprint density at radius 2 is 2.05 bits per heavy atom. The first kappa shape index (κ1) is 15.1. The lowest BCUT2D eigenvalue weighted by molar-refractivity contribution is -0.141. The maximum Gasteiger partial charge on any atom is 0.326 e. The van der Waals surface area contributed by atoms with Gasteiger partial charge in [-0.1, -0.05) is 0 Å². The van der Waals surface area contributed by atoms with Crippen LogP contribution in [0.3, 0.4) is 0 Å². The summed E-state index contributed by atoms with van der Waals surface area (Å²) in [5.74, 6) is -1.46. The van der Waals surface area contributed by atoms with E-state index >= 15 is 0 Å². The maximum atomic E-state index is 12.5. The van der Waals surface area contributed by atoms with Crippen molar-refractivity contribution in [2.75, 3.05) is 20.8 Å². The van der Waals surface area contributed by atoms with E-state index in [-0.39, 0.29) is 30.4 Å². The van der Waals surface area contributed by atoms with Gasteiger partial charge in [0.25, 0.3) is 5.91 Å². The molecule has 2 atom stereocenters. The molecule has 2 rings (SSSR count). The largest absolute Gasteiger partial charge is 0.507 e. The molecule has 1 aromatic rings. The van der Waals surface area contributed by atoms with Gasteiger partial charge in [-0.15, -0.1) is 0 Å². The number of ether oxygens (including phenoxy) is 2. The van der Waals surface area contributed by atoms with Gasteiger partial charge in [0.15, 0.2) is 0 Å². The number of rotatable bonds is 4. The number of hydrogen-bond donors (Lipinski definition) is 2. The second-order valence-corrected chi connectivity index (χ2v) is 4.79. The second-order valence-electron chi connectivity index (χ2n) is 4.79. The molecule has 0 spiro atoms. The Balaban J connectivity index is 2.32. The van der Waals surface area contributed by atoms with Crippen molar-refractivity contribution in [1.29, 1.82) is 0 Å². The highest BCUT2D eigenvalue weighted by Gasteiger charge is 2.40. The molecule has 21 heavy (non-hydrogen) atoms. The van der Waals surface area contributed by atoms with Crippen LogP contribution in [0.2, 0.25) is 0 Å². The van der Waals surface area contributed by atoms with E-state index < -0.39 is 17.9 Å². The molecule has 0 bridgehead atoms. The van der Waals surface area contributed by atoms with Crippen molar-refractivity contribution < 1.29 is 29.3 Å². The second kappa shape index (κ2) is 6.01. The van der Waals surface area contributed by atoms with E-state index in [1.54, 1.807) is 0 Å². The van der Waals surface area contributed by atoms with Gasteiger partial charge in [-0.05, 0) is 18.2 Å². The lowest BCUT2D eigenvalue weighted by Crippen LogP contribution is -2.40. The lowest BCUT2D eigenvalue weighted by atomic mass is 10.1. The minimum Gasteiger partial charge on any atom is -0.507 e. The molecule has 0 saturated carbocycles. The zero-order chi connectivity index (χ0) is 15.6. The summed E-state index contributed by atoms with van der Waals surface area (Å²) < 4.78 is 10.2. The van der Waals surface area contributed by atoms with Gasteiger partial charge in [-0.25, -0.2) is 4.79 Å². The smallest absolute Gasteiger partial charge is 0.326 e. The summed E-state index contributed by atoms with van der Waals surface area (Å²) in [6.45, 7) is 0.170. The van der Waals surface area contributed by atoms with Crippen LogP contribution in [0, 0.1) is 0 Å². The Hall–Kier alpha value is -2.28. The third-order valence-electron chi connectivity index (χ3n) is 3.58. The minimum atomic E-state index is -1.09. The molecule has 1 aliphatic heterocycles.